The molecule has 1 amide bonds. The molecule has 0 saturated carbocycles. The van der Waals surface area contributed by atoms with Crippen LogP contribution in [0.25, 0.3) is 11.5 Å². The predicted octanol–water partition coefficient (Wildman–Crippen LogP) is 1.70. The van der Waals surface area contributed by atoms with Gasteiger partial charge in [-0.1, -0.05) is 5.16 Å². The summed E-state index contributed by atoms with van der Waals surface area (Å²) in [4.78, 5) is 20.1. The first-order valence-corrected chi connectivity index (χ1v) is 6.05. The summed E-state index contributed by atoms with van der Waals surface area (Å²) < 4.78 is 31.4. The van der Waals surface area contributed by atoms with Crippen molar-refractivity contribution in [1.82, 2.24) is 20.0 Å². The Morgan fingerprint density at radius 1 is 1.45 bits per heavy atom. The van der Waals surface area contributed by atoms with E-state index in [9.17, 15) is 13.6 Å². The van der Waals surface area contributed by atoms with Crippen molar-refractivity contribution in [2.45, 2.75) is 18.9 Å². The van der Waals surface area contributed by atoms with Crippen LogP contribution in [0, 0.1) is 11.6 Å². The molecule has 0 N–H and O–H groups in total. The Labute approximate surface area is 112 Å². The van der Waals surface area contributed by atoms with Gasteiger partial charge in [0.15, 0.2) is 5.82 Å². The topological polar surface area (TPSA) is 72.1 Å². The summed E-state index contributed by atoms with van der Waals surface area (Å²) in [5.74, 6) is -1.47. The van der Waals surface area contributed by atoms with Crippen LogP contribution in [0.5, 0.6) is 0 Å². The summed E-state index contributed by atoms with van der Waals surface area (Å²) in [7, 11) is 0. The number of carbonyl (C=O) groups is 1. The molecule has 0 spiro atoms. The molecule has 104 valence electrons. The van der Waals surface area contributed by atoms with Crippen LogP contribution in [0.15, 0.2) is 16.8 Å². The Morgan fingerprint density at radius 3 is 3.05 bits per heavy atom. The van der Waals surface area contributed by atoms with Gasteiger partial charge < -0.3 is 9.42 Å². The van der Waals surface area contributed by atoms with Gasteiger partial charge in [-0.15, -0.1) is 0 Å². The fourth-order valence-electron chi connectivity index (χ4n) is 2.23. The van der Waals surface area contributed by atoms with Gasteiger partial charge in [0.25, 0.3) is 0 Å². The number of hydrogen-bond donors (Lipinski definition) is 0. The van der Waals surface area contributed by atoms with Crippen molar-refractivity contribution >= 4 is 6.41 Å². The maximum atomic E-state index is 13.6. The summed E-state index contributed by atoms with van der Waals surface area (Å²) in [5.41, 5.74) is -0.183. The lowest BCUT2D eigenvalue weighted by atomic mass is 10.2. The van der Waals surface area contributed by atoms with Gasteiger partial charge in [-0.2, -0.15) is 4.98 Å². The summed E-state index contributed by atoms with van der Waals surface area (Å²) >= 11 is 0. The van der Waals surface area contributed by atoms with Crippen molar-refractivity contribution in [3.05, 3.63) is 29.8 Å². The summed E-state index contributed by atoms with van der Waals surface area (Å²) in [6.45, 7) is 0.620. The molecular formula is C12H10F2N4O2. The normalized spacial score (nSPS) is 18.5. The van der Waals surface area contributed by atoms with Crippen LogP contribution in [-0.4, -0.2) is 33.0 Å². The van der Waals surface area contributed by atoms with Gasteiger partial charge in [-0.05, 0) is 12.8 Å². The molecule has 20 heavy (non-hydrogen) atoms. The van der Waals surface area contributed by atoms with E-state index in [0.717, 1.165) is 19.0 Å². The highest BCUT2D eigenvalue weighted by Gasteiger charge is 2.30. The Kier molecular flexibility index (Phi) is 3.13. The first kappa shape index (κ1) is 12.6. The number of amides is 1. The highest BCUT2D eigenvalue weighted by atomic mass is 19.1. The molecule has 3 heterocycles. The molecule has 1 aliphatic heterocycles. The highest BCUT2D eigenvalue weighted by Crippen LogP contribution is 2.30. The molecule has 0 aliphatic carbocycles. The maximum Gasteiger partial charge on any atom is 0.249 e. The molecule has 1 aliphatic rings. The second-order valence-electron chi connectivity index (χ2n) is 4.44. The molecule has 1 saturated heterocycles. The van der Waals surface area contributed by atoms with E-state index in [0.29, 0.717) is 19.0 Å². The van der Waals surface area contributed by atoms with Gasteiger partial charge >= 0.3 is 0 Å². The fourth-order valence-corrected chi connectivity index (χ4v) is 2.23. The summed E-state index contributed by atoms with van der Waals surface area (Å²) in [5, 5.41) is 3.64. The third-order valence-electron chi connectivity index (χ3n) is 3.18. The van der Waals surface area contributed by atoms with Gasteiger partial charge in [0, 0.05) is 12.6 Å². The molecular weight excluding hydrogens is 270 g/mol. The molecule has 3 rings (SSSR count). The second-order valence-corrected chi connectivity index (χ2v) is 4.44. The number of rotatable bonds is 3. The zero-order valence-electron chi connectivity index (χ0n) is 10.3. The maximum absolute atomic E-state index is 13.6. The van der Waals surface area contributed by atoms with Gasteiger partial charge in [-0.25, -0.2) is 13.8 Å². The van der Waals surface area contributed by atoms with Crippen LogP contribution in [-0.2, 0) is 4.79 Å². The van der Waals surface area contributed by atoms with Crippen molar-refractivity contribution in [1.29, 1.82) is 0 Å². The lowest BCUT2D eigenvalue weighted by molar-refractivity contribution is -0.119. The molecule has 1 atom stereocenters. The van der Waals surface area contributed by atoms with Gasteiger partial charge in [0.05, 0.1) is 6.20 Å². The zero-order chi connectivity index (χ0) is 14.1. The standard InChI is InChI=1S/C12H10F2N4O2/c13-7-4-8(14)10(15-5-7)11-16-12(20-17-11)9-2-1-3-18(9)6-19/h4-6,9H,1-3H2/t9-/m0/s1. The van der Waals surface area contributed by atoms with Gasteiger partial charge in [0.1, 0.15) is 17.6 Å². The smallest absolute Gasteiger partial charge is 0.249 e. The Bertz CT molecular complexity index is 646. The monoisotopic (exact) mass is 280 g/mol. The Morgan fingerprint density at radius 2 is 2.30 bits per heavy atom. The average Bonchev–Trinajstić information content (AvgIpc) is 3.06. The van der Waals surface area contributed by atoms with Crippen molar-refractivity contribution < 1.29 is 18.1 Å². The third-order valence-corrected chi connectivity index (χ3v) is 3.18. The lowest BCUT2D eigenvalue weighted by Crippen LogP contribution is -2.21. The highest BCUT2D eigenvalue weighted by molar-refractivity contribution is 5.50. The molecule has 0 unspecified atom stereocenters. The largest absolute Gasteiger partial charge is 0.337 e. The molecule has 0 aromatic carbocycles. The number of halogens is 2. The Hall–Kier alpha value is -2.38. The van der Waals surface area contributed by atoms with Crippen molar-refractivity contribution in [2.75, 3.05) is 6.54 Å². The van der Waals surface area contributed by atoms with Crippen LogP contribution in [0.3, 0.4) is 0 Å². The number of hydrogen-bond acceptors (Lipinski definition) is 5. The first-order chi connectivity index (χ1) is 9.69. The van der Waals surface area contributed by atoms with Gasteiger partial charge in [-0.3, -0.25) is 4.79 Å². The van der Waals surface area contributed by atoms with Crippen LogP contribution >= 0.6 is 0 Å². The van der Waals surface area contributed by atoms with Crippen molar-refractivity contribution in [3.63, 3.8) is 0 Å². The molecule has 0 radical (unpaired) electrons. The minimum atomic E-state index is -0.865. The fraction of sp³-hybridized carbons (Fsp3) is 0.333. The average molecular weight is 280 g/mol. The first-order valence-electron chi connectivity index (χ1n) is 6.05. The molecule has 2 aromatic heterocycles. The van der Waals surface area contributed by atoms with Crippen LogP contribution < -0.4 is 0 Å². The van der Waals surface area contributed by atoms with E-state index in [1.54, 1.807) is 4.90 Å². The van der Waals surface area contributed by atoms with E-state index in [2.05, 4.69) is 15.1 Å². The number of nitrogens with zero attached hydrogens (tertiary/aromatic N) is 4. The molecule has 1 fully saturated rings. The number of likely N-dealkylation sites (tertiary alicyclic amines) is 1. The molecule has 0 bridgehead atoms. The molecule has 2 aromatic rings. The van der Waals surface area contributed by atoms with E-state index < -0.39 is 11.6 Å². The number of carbonyl (C=O) groups excluding carboxylic acids is 1. The van der Waals surface area contributed by atoms with E-state index in [1.165, 1.54) is 0 Å². The van der Waals surface area contributed by atoms with E-state index in [4.69, 9.17) is 4.52 Å². The number of aromatic nitrogens is 3. The van der Waals surface area contributed by atoms with E-state index in [-0.39, 0.29) is 23.5 Å². The predicted molar refractivity (Wildman–Crippen MR) is 62.2 cm³/mol. The zero-order valence-corrected chi connectivity index (χ0v) is 10.3. The van der Waals surface area contributed by atoms with Crippen LogP contribution in [0.2, 0.25) is 0 Å². The molecule has 8 heteroatoms. The summed E-state index contributed by atoms with van der Waals surface area (Å²) in [6.07, 6.45) is 3.14. The van der Waals surface area contributed by atoms with Crippen LogP contribution in [0.1, 0.15) is 24.8 Å². The lowest BCUT2D eigenvalue weighted by Gasteiger charge is -2.14. The quantitative estimate of drug-likeness (QED) is 0.800. The van der Waals surface area contributed by atoms with Crippen molar-refractivity contribution in [2.24, 2.45) is 0 Å². The minimum Gasteiger partial charge on any atom is -0.337 e. The second kappa shape index (κ2) is 4.95. The Balaban J connectivity index is 1.92. The van der Waals surface area contributed by atoms with E-state index in [1.807, 2.05) is 0 Å². The number of pyridine rings is 1. The van der Waals surface area contributed by atoms with Crippen molar-refractivity contribution in [3.8, 4) is 11.5 Å². The molecule has 6 nitrogen and oxygen atoms in total. The van der Waals surface area contributed by atoms with Gasteiger partial charge in [0.2, 0.25) is 18.1 Å². The van der Waals surface area contributed by atoms with Crippen LogP contribution in [0.4, 0.5) is 8.78 Å². The third kappa shape index (κ3) is 2.13. The SMILES string of the molecule is O=CN1CCC[C@H]1c1nc(-c2ncc(F)cc2F)no1. The summed E-state index contributed by atoms with van der Waals surface area (Å²) in [6, 6.07) is 0.406. The minimum absolute atomic E-state index is 0.0600. The van der Waals surface area contributed by atoms with E-state index >= 15 is 0 Å².